The van der Waals surface area contributed by atoms with Crippen molar-refractivity contribution >= 4 is 42.3 Å². The van der Waals surface area contributed by atoms with E-state index in [-0.39, 0.29) is 30.9 Å². The van der Waals surface area contributed by atoms with Gasteiger partial charge in [-0.25, -0.2) is 4.98 Å². The number of benzene rings is 1. The lowest BCUT2D eigenvalue weighted by Gasteiger charge is -2.32. The molecule has 2 heterocycles. The fourth-order valence-corrected chi connectivity index (χ4v) is 3.20. The van der Waals surface area contributed by atoms with Crippen molar-refractivity contribution < 1.29 is 0 Å². The number of rotatable bonds is 6. The quantitative estimate of drug-likeness (QED) is 0.724. The molecule has 6 nitrogen and oxygen atoms in total. The monoisotopic (exact) mass is 422 g/mol. The second kappa shape index (κ2) is 11.7. The van der Waals surface area contributed by atoms with Gasteiger partial charge in [0.05, 0.1) is 11.6 Å². The van der Waals surface area contributed by atoms with Crippen LogP contribution in [-0.2, 0) is 6.42 Å². The summed E-state index contributed by atoms with van der Waals surface area (Å²) < 4.78 is 0. The van der Waals surface area contributed by atoms with Gasteiger partial charge in [0, 0.05) is 36.6 Å². The Morgan fingerprint density at radius 3 is 2.82 bits per heavy atom. The average molecular weight is 423 g/mol. The summed E-state index contributed by atoms with van der Waals surface area (Å²) in [6.07, 6.45) is 5.30. The van der Waals surface area contributed by atoms with E-state index in [0.717, 1.165) is 62.4 Å². The molecule has 152 valence electrons. The largest absolute Gasteiger partial charge is 0.355 e. The van der Waals surface area contributed by atoms with Gasteiger partial charge >= 0.3 is 0 Å². The molecule has 1 atom stereocenters. The molecule has 3 rings (SSSR count). The maximum atomic E-state index is 9.08. The zero-order valence-corrected chi connectivity index (χ0v) is 17.7. The Kier molecular flexibility index (Phi) is 10.0. The first kappa shape index (κ1) is 24.0. The summed E-state index contributed by atoms with van der Waals surface area (Å²) in [6.45, 7) is 3.98. The molecular weight excluding hydrogens is 395 g/mol. The molecule has 0 aliphatic carbocycles. The van der Waals surface area contributed by atoms with Gasteiger partial charge in [0.15, 0.2) is 0 Å². The molecule has 28 heavy (non-hydrogen) atoms. The highest BCUT2D eigenvalue weighted by molar-refractivity contribution is 5.85. The number of halogens is 2. The molecule has 0 spiro atoms. The van der Waals surface area contributed by atoms with E-state index in [1.807, 2.05) is 12.1 Å². The molecule has 2 aromatic rings. The smallest absolute Gasteiger partial charge is 0.229 e. The molecular formula is C20H28Cl2N6. The van der Waals surface area contributed by atoms with Crippen LogP contribution in [0.3, 0.4) is 0 Å². The maximum Gasteiger partial charge on any atom is 0.229 e. The Bertz CT molecular complexity index is 793. The van der Waals surface area contributed by atoms with Crippen molar-refractivity contribution in [2.24, 2.45) is 5.73 Å². The summed E-state index contributed by atoms with van der Waals surface area (Å²) in [5, 5.41) is 12.3. The zero-order valence-electron chi connectivity index (χ0n) is 16.1. The van der Waals surface area contributed by atoms with Crippen molar-refractivity contribution in [3.63, 3.8) is 0 Å². The third-order valence-electron chi connectivity index (χ3n) is 4.58. The summed E-state index contributed by atoms with van der Waals surface area (Å²) in [7, 11) is 0. The Morgan fingerprint density at radius 1 is 1.29 bits per heavy atom. The minimum absolute atomic E-state index is 0. The molecule has 1 aromatic heterocycles. The number of aromatic nitrogens is 2. The van der Waals surface area contributed by atoms with Gasteiger partial charge in [-0.1, -0.05) is 19.4 Å². The zero-order chi connectivity index (χ0) is 18.4. The van der Waals surface area contributed by atoms with Gasteiger partial charge in [0.2, 0.25) is 5.95 Å². The highest BCUT2D eigenvalue weighted by Crippen LogP contribution is 2.22. The summed E-state index contributed by atoms with van der Waals surface area (Å²) >= 11 is 0. The molecule has 1 saturated heterocycles. The Labute approximate surface area is 179 Å². The first-order valence-electron chi connectivity index (χ1n) is 9.33. The molecule has 1 aliphatic heterocycles. The summed E-state index contributed by atoms with van der Waals surface area (Å²) in [5.74, 6) is 1.50. The molecule has 0 unspecified atom stereocenters. The van der Waals surface area contributed by atoms with Crippen LogP contribution < -0.4 is 16.0 Å². The highest BCUT2D eigenvalue weighted by atomic mass is 35.5. The minimum Gasteiger partial charge on any atom is -0.355 e. The number of aryl methyl sites for hydroxylation is 1. The lowest BCUT2D eigenvalue weighted by atomic mass is 10.1. The minimum atomic E-state index is 0. The van der Waals surface area contributed by atoms with Crippen LogP contribution in [0.1, 0.15) is 43.9 Å². The van der Waals surface area contributed by atoms with E-state index < -0.39 is 0 Å². The maximum absolute atomic E-state index is 9.08. The molecule has 1 aliphatic rings. The van der Waals surface area contributed by atoms with Crippen LogP contribution in [-0.4, -0.2) is 29.1 Å². The van der Waals surface area contributed by atoms with Gasteiger partial charge in [0.1, 0.15) is 5.82 Å². The predicted molar refractivity (Wildman–Crippen MR) is 119 cm³/mol. The number of hydrogen-bond donors (Lipinski definition) is 2. The van der Waals surface area contributed by atoms with Gasteiger partial charge in [-0.2, -0.15) is 10.2 Å². The second-order valence-electron chi connectivity index (χ2n) is 6.81. The van der Waals surface area contributed by atoms with Crippen molar-refractivity contribution in [1.82, 2.24) is 9.97 Å². The molecule has 0 amide bonds. The number of nitrogens with one attached hydrogen (secondary N) is 1. The Balaban J connectivity index is 0.00000196. The predicted octanol–water partition coefficient (Wildman–Crippen LogP) is 4.21. The molecule has 0 bridgehead atoms. The number of hydrogen-bond acceptors (Lipinski definition) is 6. The normalized spacial score (nSPS) is 15.8. The number of nitriles is 1. The van der Waals surface area contributed by atoms with Crippen molar-refractivity contribution in [3.8, 4) is 6.07 Å². The van der Waals surface area contributed by atoms with E-state index >= 15 is 0 Å². The van der Waals surface area contributed by atoms with Crippen LogP contribution in [0.25, 0.3) is 0 Å². The Morgan fingerprint density at radius 2 is 2.11 bits per heavy atom. The van der Waals surface area contributed by atoms with Crippen molar-refractivity contribution in [3.05, 3.63) is 41.6 Å². The third kappa shape index (κ3) is 6.52. The van der Waals surface area contributed by atoms with E-state index in [1.54, 1.807) is 12.1 Å². The number of unbranched alkanes of at least 4 members (excludes halogenated alkanes) is 1. The summed E-state index contributed by atoms with van der Waals surface area (Å²) in [4.78, 5) is 11.6. The molecule has 3 N–H and O–H groups in total. The van der Waals surface area contributed by atoms with E-state index in [1.165, 1.54) is 0 Å². The standard InChI is InChI=1S/C20H26N6.2ClH/c1-2-3-8-18-12-19(26-10-5-7-16(22)14-26)25-20(24-18)23-17-9-4-6-15(11-17)13-21;;/h4,6,9,11-12,16H,2-3,5,7-8,10,14,22H2,1H3,(H,23,24,25);2*1H/t16-;;/m1../s1. The van der Waals surface area contributed by atoms with Crippen molar-refractivity contribution in [2.45, 2.75) is 45.1 Å². The molecule has 0 saturated carbocycles. The fraction of sp³-hybridized carbons (Fsp3) is 0.450. The van der Waals surface area contributed by atoms with E-state index in [9.17, 15) is 0 Å². The summed E-state index contributed by atoms with van der Waals surface area (Å²) in [5.41, 5.74) is 8.61. The van der Waals surface area contributed by atoms with Gasteiger partial charge in [-0.15, -0.1) is 24.8 Å². The first-order chi connectivity index (χ1) is 12.7. The van der Waals surface area contributed by atoms with Crippen molar-refractivity contribution in [1.29, 1.82) is 5.26 Å². The lowest BCUT2D eigenvalue weighted by Crippen LogP contribution is -2.43. The Hall–Kier alpha value is -2.07. The number of nitrogens with two attached hydrogens (primary N) is 1. The van der Waals surface area contributed by atoms with Crippen LogP contribution in [0.15, 0.2) is 30.3 Å². The molecule has 0 radical (unpaired) electrons. The number of nitrogens with zero attached hydrogens (tertiary/aromatic N) is 4. The molecule has 1 aromatic carbocycles. The summed E-state index contributed by atoms with van der Waals surface area (Å²) in [6, 6.07) is 11.8. The lowest BCUT2D eigenvalue weighted by molar-refractivity contribution is 0.503. The van der Waals surface area contributed by atoms with Crippen LogP contribution in [0, 0.1) is 11.3 Å². The van der Waals surface area contributed by atoms with E-state index in [2.05, 4.69) is 34.3 Å². The molecule has 8 heteroatoms. The van der Waals surface area contributed by atoms with Gasteiger partial charge in [-0.05, 0) is 43.9 Å². The van der Waals surface area contributed by atoms with Crippen LogP contribution in [0.2, 0.25) is 0 Å². The van der Waals surface area contributed by atoms with Crippen LogP contribution in [0.5, 0.6) is 0 Å². The highest BCUT2D eigenvalue weighted by Gasteiger charge is 2.19. The number of anilines is 3. The number of piperidine rings is 1. The van der Waals surface area contributed by atoms with Crippen LogP contribution in [0.4, 0.5) is 17.5 Å². The SMILES string of the molecule is CCCCc1cc(N2CCC[C@@H](N)C2)nc(Nc2cccc(C#N)c2)n1.Cl.Cl. The second-order valence-corrected chi connectivity index (χ2v) is 6.81. The van der Waals surface area contributed by atoms with Crippen molar-refractivity contribution in [2.75, 3.05) is 23.3 Å². The van der Waals surface area contributed by atoms with Gasteiger partial charge < -0.3 is 16.0 Å². The first-order valence-corrected chi connectivity index (χ1v) is 9.33. The third-order valence-corrected chi connectivity index (χ3v) is 4.58. The van der Waals surface area contributed by atoms with E-state index in [4.69, 9.17) is 16.0 Å². The fourth-order valence-electron chi connectivity index (χ4n) is 3.20. The van der Waals surface area contributed by atoms with E-state index in [0.29, 0.717) is 11.5 Å². The topological polar surface area (TPSA) is 90.9 Å². The van der Waals surface area contributed by atoms with Crippen LogP contribution >= 0.6 is 24.8 Å². The average Bonchev–Trinajstić information content (AvgIpc) is 2.66. The molecule has 1 fully saturated rings. The van der Waals surface area contributed by atoms with Gasteiger partial charge in [0.25, 0.3) is 0 Å². The van der Waals surface area contributed by atoms with Gasteiger partial charge in [-0.3, -0.25) is 0 Å².